The average molecular weight is 486 g/mol. The van der Waals surface area contributed by atoms with Gasteiger partial charge in [0.05, 0.1) is 6.10 Å². The van der Waals surface area contributed by atoms with Gasteiger partial charge in [0.25, 0.3) is 0 Å². The number of halogens is 1. The fourth-order valence-electron chi connectivity index (χ4n) is 4.02. The van der Waals surface area contributed by atoms with Gasteiger partial charge < -0.3 is 15.4 Å². The number of piperidine rings is 1. The summed E-state index contributed by atoms with van der Waals surface area (Å²) < 4.78 is 5.69. The topological polar surface area (TPSA) is 48.9 Å². The van der Waals surface area contributed by atoms with Crippen molar-refractivity contribution in [2.75, 3.05) is 26.7 Å². The van der Waals surface area contributed by atoms with E-state index >= 15 is 0 Å². The molecule has 2 aliphatic heterocycles. The van der Waals surface area contributed by atoms with E-state index in [0.29, 0.717) is 18.2 Å². The summed E-state index contributed by atoms with van der Waals surface area (Å²) in [7, 11) is 1.86. The molecule has 6 heteroatoms. The maximum atomic E-state index is 5.69. The van der Waals surface area contributed by atoms with E-state index in [4.69, 9.17) is 4.74 Å². The Morgan fingerprint density at radius 1 is 1.26 bits per heavy atom. The summed E-state index contributed by atoms with van der Waals surface area (Å²) in [6, 6.07) is 11.8. The van der Waals surface area contributed by atoms with E-state index in [9.17, 15) is 0 Å². The molecule has 2 saturated heterocycles. The van der Waals surface area contributed by atoms with E-state index < -0.39 is 0 Å². The second-order valence-electron chi connectivity index (χ2n) is 7.59. The van der Waals surface area contributed by atoms with Crippen LogP contribution in [0.25, 0.3) is 0 Å². The molecular weight excluding hydrogens is 451 g/mol. The Bertz CT molecular complexity index is 563. The lowest BCUT2D eigenvalue weighted by Gasteiger charge is -2.38. The Morgan fingerprint density at radius 3 is 2.74 bits per heavy atom. The zero-order valence-corrected chi connectivity index (χ0v) is 19.0. The molecule has 1 aromatic carbocycles. The molecule has 0 aromatic heterocycles. The van der Waals surface area contributed by atoms with Gasteiger partial charge in [-0.2, -0.15) is 0 Å². The van der Waals surface area contributed by atoms with Crippen LogP contribution in [0.1, 0.15) is 44.6 Å². The first-order chi connectivity index (χ1) is 12.7. The van der Waals surface area contributed by atoms with Crippen LogP contribution in [-0.2, 0) is 11.3 Å². The Labute approximate surface area is 181 Å². The van der Waals surface area contributed by atoms with Crippen molar-refractivity contribution in [2.24, 2.45) is 4.99 Å². The van der Waals surface area contributed by atoms with E-state index in [1.54, 1.807) is 0 Å². The molecule has 0 aliphatic carbocycles. The van der Waals surface area contributed by atoms with E-state index in [2.05, 4.69) is 57.8 Å². The Balaban J connectivity index is 0.00000261. The molecule has 0 bridgehead atoms. The predicted octanol–water partition coefficient (Wildman–Crippen LogP) is 3.39. The summed E-state index contributed by atoms with van der Waals surface area (Å²) in [5, 5.41) is 7.07. The summed E-state index contributed by atoms with van der Waals surface area (Å²) in [6.07, 6.45) is 6.21. The molecule has 0 spiro atoms. The smallest absolute Gasteiger partial charge is 0.191 e. The van der Waals surface area contributed by atoms with E-state index in [1.807, 2.05) is 7.05 Å². The van der Waals surface area contributed by atoms with Crippen LogP contribution in [0.4, 0.5) is 0 Å². The first kappa shape index (κ1) is 22.4. The van der Waals surface area contributed by atoms with Crippen molar-refractivity contribution in [1.82, 2.24) is 15.5 Å². The van der Waals surface area contributed by atoms with Gasteiger partial charge in [-0.3, -0.25) is 9.89 Å². The van der Waals surface area contributed by atoms with Gasteiger partial charge in [-0.25, -0.2) is 0 Å². The highest BCUT2D eigenvalue weighted by Gasteiger charge is 2.26. The number of hydrogen-bond donors (Lipinski definition) is 2. The third-order valence-electron chi connectivity index (χ3n) is 5.59. The number of ether oxygens (including phenoxy) is 1. The van der Waals surface area contributed by atoms with Gasteiger partial charge in [-0.15, -0.1) is 24.0 Å². The molecule has 2 heterocycles. The highest BCUT2D eigenvalue weighted by Crippen LogP contribution is 2.20. The molecule has 3 unspecified atom stereocenters. The number of rotatable bonds is 6. The van der Waals surface area contributed by atoms with Crippen molar-refractivity contribution in [1.29, 1.82) is 0 Å². The predicted molar refractivity (Wildman–Crippen MR) is 123 cm³/mol. The molecule has 2 fully saturated rings. The molecule has 0 radical (unpaired) electrons. The molecule has 5 nitrogen and oxygen atoms in total. The quantitative estimate of drug-likeness (QED) is 0.368. The minimum Gasteiger partial charge on any atom is -0.378 e. The third kappa shape index (κ3) is 7.23. The first-order valence-electron chi connectivity index (χ1n) is 10.1. The van der Waals surface area contributed by atoms with Crippen LogP contribution >= 0.6 is 24.0 Å². The van der Waals surface area contributed by atoms with Crippen LogP contribution in [0.15, 0.2) is 35.3 Å². The fraction of sp³-hybridized carbons (Fsp3) is 0.667. The monoisotopic (exact) mass is 486 g/mol. The van der Waals surface area contributed by atoms with Gasteiger partial charge in [0.15, 0.2) is 5.96 Å². The van der Waals surface area contributed by atoms with Crippen molar-refractivity contribution >= 4 is 29.9 Å². The number of hydrogen-bond acceptors (Lipinski definition) is 3. The highest BCUT2D eigenvalue weighted by molar-refractivity contribution is 14.0. The van der Waals surface area contributed by atoms with Gasteiger partial charge in [-0.1, -0.05) is 30.3 Å². The maximum Gasteiger partial charge on any atom is 0.191 e. The standard InChI is InChI=1S/C21H34N4O.HI/c1-17-15-19(11-13-25(17)16-18-7-4-3-5-8-18)24-21(22-2)23-12-10-20-9-6-14-26-20;/h3-5,7-8,17,19-20H,6,9-16H2,1-2H3,(H2,22,23,24);1H. The van der Waals surface area contributed by atoms with Crippen LogP contribution in [0.5, 0.6) is 0 Å². The normalized spacial score (nSPS) is 26.4. The first-order valence-corrected chi connectivity index (χ1v) is 10.1. The average Bonchev–Trinajstić information content (AvgIpc) is 3.17. The number of likely N-dealkylation sites (tertiary alicyclic amines) is 1. The molecule has 27 heavy (non-hydrogen) atoms. The second-order valence-corrected chi connectivity index (χ2v) is 7.59. The summed E-state index contributed by atoms with van der Waals surface area (Å²) in [5.41, 5.74) is 1.40. The number of benzene rings is 1. The number of nitrogens with one attached hydrogen (secondary N) is 2. The fourth-order valence-corrected chi connectivity index (χ4v) is 4.02. The van der Waals surface area contributed by atoms with E-state index in [0.717, 1.165) is 51.5 Å². The number of nitrogens with zero attached hydrogens (tertiary/aromatic N) is 2. The lowest BCUT2D eigenvalue weighted by atomic mass is 9.97. The van der Waals surface area contributed by atoms with Crippen molar-refractivity contribution in [3.05, 3.63) is 35.9 Å². The minimum absolute atomic E-state index is 0. The van der Waals surface area contributed by atoms with Crippen molar-refractivity contribution in [3.8, 4) is 0 Å². The summed E-state index contributed by atoms with van der Waals surface area (Å²) in [5.74, 6) is 0.928. The molecule has 1 aromatic rings. The van der Waals surface area contributed by atoms with Gasteiger partial charge in [0.2, 0.25) is 0 Å². The Morgan fingerprint density at radius 2 is 2.07 bits per heavy atom. The third-order valence-corrected chi connectivity index (χ3v) is 5.59. The highest BCUT2D eigenvalue weighted by atomic mass is 127. The summed E-state index contributed by atoms with van der Waals surface area (Å²) in [4.78, 5) is 6.98. The van der Waals surface area contributed by atoms with E-state index in [1.165, 1.54) is 18.4 Å². The van der Waals surface area contributed by atoms with Crippen LogP contribution < -0.4 is 10.6 Å². The van der Waals surface area contributed by atoms with Gasteiger partial charge in [-0.05, 0) is 44.6 Å². The lowest BCUT2D eigenvalue weighted by molar-refractivity contribution is 0.105. The Hall–Kier alpha value is -0.860. The summed E-state index contributed by atoms with van der Waals surface area (Å²) in [6.45, 7) is 6.36. The minimum atomic E-state index is 0. The van der Waals surface area contributed by atoms with E-state index in [-0.39, 0.29) is 24.0 Å². The largest absolute Gasteiger partial charge is 0.378 e. The van der Waals surface area contributed by atoms with Gasteiger partial charge in [0.1, 0.15) is 0 Å². The number of guanidine groups is 1. The van der Waals surface area contributed by atoms with Crippen LogP contribution in [0.2, 0.25) is 0 Å². The Kier molecular flexibility index (Phi) is 9.86. The molecular formula is C21H35IN4O. The maximum absolute atomic E-state index is 5.69. The molecule has 2 N–H and O–H groups in total. The van der Waals surface area contributed by atoms with Crippen LogP contribution in [0, 0.1) is 0 Å². The van der Waals surface area contributed by atoms with Crippen molar-refractivity contribution in [3.63, 3.8) is 0 Å². The zero-order valence-electron chi connectivity index (χ0n) is 16.7. The molecule has 0 amide bonds. The molecule has 2 aliphatic rings. The van der Waals surface area contributed by atoms with Crippen molar-refractivity contribution in [2.45, 2.75) is 63.8 Å². The second kappa shape index (κ2) is 11.9. The van der Waals surface area contributed by atoms with Gasteiger partial charge in [0, 0.05) is 45.4 Å². The van der Waals surface area contributed by atoms with Crippen molar-refractivity contribution < 1.29 is 4.74 Å². The number of aliphatic imine (C=N–C) groups is 1. The van der Waals surface area contributed by atoms with Crippen LogP contribution in [0.3, 0.4) is 0 Å². The molecule has 3 rings (SSSR count). The molecule has 3 atom stereocenters. The summed E-state index contributed by atoms with van der Waals surface area (Å²) >= 11 is 0. The molecule has 0 saturated carbocycles. The van der Waals surface area contributed by atoms with Crippen LogP contribution in [-0.4, -0.2) is 55.8 Å². The SMILES string of the molecule is CN=C(NCCC1CCCO1)NC1CCN(Cc2ccccc2)C(C)C1.I. The van der Waals surface area contributed by atoms with Gasteiger partial charge >= 0.3 is 0 Å². The lowest BCUT2D eigenvalue weighted by Crippen LogP contribution is -2.51. The molecule has 152 valence electrons. The zero-order chi connectivity index (χ0) is 18.2.